The lowest BCUT2D eigenvalue weighted by molar-refractivity contribution is -0.114. The second-order valence-corrected chi connectivity index (χ2v) is 6.55. The molecule has 1 N–H and O–H groups in total. The van der Waals surface area contributed by atoms with Crippen LogP contribution >= 0.6 is 0 Å². The molecule has 0 bridgehead atoms. The number of nitrogens with zero attached hydrogens (tertiary/aromatic N) is 2. The van der Waals surface area contributed by atoms with Gasteiger partial charge in [0.2, 0.25) is 5.91 Å². The molecule has 132 valence electrons. The molecule has 1 saturated heterocycles. The number of amides is 1. The second-order valence-electron chi connectivity index (χ2n) is 6.55. The smallest absolute Gasteiger partial charge is 0.221 e. The lowest BCUT2D eigenvalue weighted by atomic mass is 10.1. The Morgan fingerprint density at radius 2 is 2.12 bits per heavy atom. The first-order valence-electron chi connectivity index (χ1n) is 8.78. The number of pyridine rings is 1. The van der Waals surface area contributed by atoms with E-state index < -0.39 is 0 Å². The van der Waals surface area contributed by atoms with E-state index in [4.69, 9.17) is 4.74 Å². The number of hydrogen-bond donors (Lipinski definition) is 1. The van der Waals surface area contributed by atoms with Crippen molar-refractivity contribution in [2.75, 3.05) is 18.4 Å². The average Bonchev–Trinajstić information content (AvgIpc) is 2.62. The van der Waals surface area contributed by atoms with E-state index in [1.807, 2.05) is 30.5 Å². The number of aromatic nitrogens is 1. The van der Waals surface area contributed by atoms with Gasteiger partial charge in [0.25, 0.3) is 0 Å². The molecule has 1 aliphatic rings. The van der Waals surface area contributed by atoms with Crippen molar-refractivity contribution in [3.63, 3.8) is 0 Å². The Balaban J connectivity index is 1.48. The molecule has 0 spiro atoms. The second kappa shape index (κ2) is 8.74. The summed E-state index contributed by atoms with van der Waals surface area (Å²) in [7, 11) is 0. The van der Waals surface area contributed by atoms with Gasteiger partial charge in [0, 0.05) is 38.1 Å². The standard InChI is InChI=1S/C20H25N3O2/c1-16(24)22-19-8-6-17(7-9-19)13-23-11-3-5-20(14-23)25-15-18-4-2-10-21-12-18/h2,4,6-10,12,20H,3,5,11,13-15H2,1H3,(H,22,24)/t20-/m1/s1. The number of ether oxygens (including phenoxy) is 1. The fourth-order valence-corrected chi connectivity index (χ4v) is 3.15. The average molecular weight is 339 g/mol. The predicted octanol–water partition coefficient (Wildman–Crippen LogP) is 3.22. The highest BCUT2D eigenvalue weighted by Crippen LogP contribution is 2.18. The van der Waals surface area contributed by atoms with E-state index in [2.05, 4.69) is 27.3 Å². The molecular formula is C20H25N3O2. The van der Waals surface area contributed by atoms with Crippen molar-refractivity contribution in [3.05, 3.63) is 59.9 Å². The van der Waals surface area contributed by atoms with E-state index in [1.54, 1.807) is 6.20 Å². The summed E-state index contributed by atoms with van der Waals surface area (Å²) in [6.45, 7) is 5.10. The number of carbonyl (C=O) groups is 1. The quantitative estimate of drug-likeness (QED) is 0.878. The molecule has 1 aromatic heterocycles. The number of anilines is 1. The molecule has 1 fully saturated rings. The van der Waals surface area contributed by atoms with Crippen LogP contribution in [0.2, 0.25) is 0 Å². The van der Waals surface area contributed by atoms with Crippen molar-refractivity contribution in [1.82, 2.24) is 9.88 Å². The number of likely N-dealkylation sites (tertiary alicyclic amines) is 1. The number of hydrogen-bond acceptors (Lipinski definition) is 4. The van der Waals surface area contributed by atoms with Gasteiger partial charge in [0.1, 0.15) is 0 Å². The molecule has 2 aromatic rings. The van der Waals surface area contributed by atoms with E-state index >= 15 is 0 Å². The van der Waals surface area contributed by atoms with Crippen LogP contribution < -0.4 is 5.32 Å². The Labute approximate surface area is 149 Å². The fourth-order valence-electron chi connectivity index (χ4n) is 3.15. The first-order valence-corrected chi connectivity index (χ1v) is 8.78. The molecule has 5 heteroatoms. The topological polar surface area (TPSA) is 54.5 Å². The third-order valence-corrected chi connectivity index (χ3v) is 4.35. The van der Waals surface area contributed by atoms with Crippen LogP contribution in [0.25, 0.3) is 0 Å². The lowest BCUT2D eigenvalue weighted by Crippen LogP contribution is -2.39. The number of piperidine rings is 1. The number of rotatable bonds is 6. The van der Waals surface area contributed by atoms with Crippen LogP contribution in [-0.2, 0) is 22.7 Å². The highest BCUT2D eigenvalue weighted by molar-refractivity contribution is 5.88. The molecule has 25 heavy (non-hydrogen) atoms. The Bertz CT molecular complexity index is 673. The van der Waals surface area contributed by atoms with Crippen LogP contribution in [0.3, 0.4) is 0 Å². The van der Waals surface area contributed by atoms with Gasteiger partial charge in [-0.3, -0.25) is 14.7 Å². The lowest BCUT2D eigenvalue weighted by Gasteiger charge is -2.32. The maximum Gasteiger partial charge on any atom is 0.221 e. The van der Waals surface area contributed by atoms with Gasteiger partial charge in [-0.2, -0.15) is 0 Å². The van der Waals surface area contributed by atoms with E-state index in [1.165, 1.54) is 12.5 Å². The first-order chi connectivity index (χ1) is 12.2. The minimum absolute atomic E-state index is 0.0441. The number of nitrogens with one attached hydrogen (secondary N) is 1. The van der Waals surface area contributed by atoms with Crippen molar-refractivity contribution in [2.45, 2.75) is 39.0 Å². The molecule has 2 heterocycles. The van der Waals surface area contributed by atoms with Crippen LogP contribution in [0.4, 0.5) is 5.69 Å². The number of carbonyl (C=O) groups excluding carboxylic acids is 1. The Morgan fingerprint density at radius 1 is 1.28 bits per heavy atom. The Kier molecular flexibility index (Phi) is 6.14. The highest BCUT2D eigenvalue weighted by atomic mass is 16.5. The van der Waals surface area contributed by atoms with E-state index in [0.29, 0.717) is 6.61 Å². The zero-order valence-electron chi connectivity index (χ0n) is 14.6. The third kappa shape index (κ3) is 5.66. The molecule has 0 radical (unpaired) electrons. The highest BCUT2D eigenvalue weighted by Gasteiger charge is 2.20. The van der Waals surface area contributed by atoms with Crippen molar-refractivity contribution in [1.29, 1.82) is 0 Å². The molecule has 1 aliphatic heterocycles. The molecule has 1 aromatic carbocycles. The molecule has 1 amide bonds. The summed E-state index contributed by atoms with van der Waals surface area (Å²) in [6.07, 6.45) is 6.17. The van der Waals surface area contributed by atoms with Gasteiger partial charge in [0.05, 0.1) is 12.7 Å². The van der Waals surface area contributed by atoms with E-state index in [0.717, 1.165) is 43.7 Å². The summed E-state index contributed by atoms with van der Waals surface area (Å²) in [5.74, 6) is -0.0441. The third-order valence-electron chi connectivity index (χ3n) is 4.35. The van der Waals surface area contributed by atoms with Gasteiger partial charge in [-0.15, -0.1) is 0 Å². The zero-order valence-corrected chi connectivity index (χ0v) is 14.6. The van der Waals surface area contributed by atoms with Gasteiger partial charge >= 0.3 is 0 Å². The minimum atomic E-state index is -0.0441. The molecule has 0 saturated carbocycles. The van der Waals surface area contributed by atoms with Crippen LogP contribution in [0.1, 0.15) is 30.9 Å². The van der Waals surface area contributed by atoms with Gasteiger partial charge in [-0.05, 0) is 48.7 Å². The molecule has 1 atom stereocenters. The number of benzene rings is 1. The first kappa shape index (κ1) is 17.6. The van der Waals surface area contributed by atoms with Gasteiger partial charge in [-0.25, -0.2) is 0 Å². The van der Waals surface area contributed by atoms with Crippen LogP contribution in [0.5, 0.6) is 0 Å². The van der Waals surface area contributed by atoms with Gasteiger partial charge < -0.3 is 10.1 Å². The van der Waals surface area contributed by atoms with E-state index in [9.17, 15) is 4.79 Å². The summed E-state index contributed by atoms with van der Waals surface area (Å²) >= 11 is 0. The zero-order chi connectivity index (χ0) is 17.5. The normalized spacial score (nSPS) is 18.0. The largest absolute Gasteiger partial charge is 0.372 e. The maximum atomic E-state index is 11.1. The van der Waals surface area contributed by atoms with Crippen LogP contribution in [0.15, 0.2) is 48.8 Å². The monoisotopic (exact) mass is 339 g/mol. The van der Waals surface area contributed by atoms with Crippen molar-refractivity contribution in [3.8, 4) is 0 Å². The van der Waals surface area contributed by atoms with Crippen LogP contribution in [0, 0.1) is 0 Å². The molecule has 0 unspecified atom stereocenters. The van der Waals surface area contributed by atoms with E-state index in [-0.39, 0.29) is 12.0 Å². The fraction of sp³-hybridized carbons (Fsp3) is 0.400. The minimum Gasteiger partial charge on any atom is -0.372 e. The van der Waals surface area contributed by atoms with Gasteiger partial charge in [-0.1, -0.05) is 18.2 Å². The molecule has 3 rings (SSSR count). The van der Waals surface area contributed by atoms with Crippen molar-refractivity contribution in [2.24, 2.45) is 0 Å². The SMILES string of the molecule is CC(=O)Nc1ccc(CN2CCC[C@@H](OCc3cccnc3)C2)cc1. The molecule has 5 nitrogen and oxygen atoms in total. The Hall–Kier alpha value is -2.24. The van der Waals surface area contributed by atoms with Gasteiger partial charge in [0.15, 0.2) is 0 Å². The Morgan fingerprint density at radius 3 is 2.84 bits per heavy atom. The van der Waals surface area contributed by atoms with Crippen molar-refractivity contribution >= 4 is 11.6 Å². The summed E-state index contributed by atoms with van der Waals surface area (Å²) in [5.41, 5.74) is 3.21. The van der Waals surface area contributed by atoms with Crippen molar-refractivity contribution < 1.29 is 9.53 Å². The molecular weight excluding hydrogens is 314 g/mol. The predicted molar refractivity (Wildman–Crippen MR) is 98.1 cm³/mol. The molecule has 0 aliphatic carbocycles. The summed E-state index contributed by atoms with van der Waals surface area (Å²) < 4.78 is 6.07. The summed E-state index contributed by atoms with van der Waals surface area (Å²) in [5, 5.41) is 2.80. The maximum absolute atomic E-state index is 11.1. The summed E-state index contributed by atoms with van der Waals surface area (Å²) in [6, 6.07) is 12.0. The van der Waals surface area contributed by atoms with Crippen LogP contribution in [-0.4, -0.2) is 35.0 Å². The summed E-state index contributed by atoms with van der Waals surface area (Å²) in [4.78, 5) is 17.6.